The fourth-order valence-corrected chi connectivity index (χ4v) is 6.56. The molecule has 0 bridgehead atoms. The van der Waals surface area contributed by atoms with Gasteiger partial charge in [0.15, 0.2) is 6.10 Å². The number of aryl methyl sites for hydroxylation is 1. The SMILES string of the molecule is Cc1ccc(S(=O)(=O)N(CC(=O)N2C[C@@H](C(=O)NCCc3ccccc3)Oc3ccccc32)Cc2ccc(Cl)c(Cl)c2)cc1. The smallest absolute Gasteiger partial charge is 0.262 e. The summed E-state index contributed by atoms with van der Waals surface area (Å²) < 4.78 is 34.8. The Morgan fingerprint density at radius 1 is 0.909 bits per heavy atom. The molecule has 0 saturated heterocycles. The predicted molar refractivity (Wildman–Crippen MR) is 172 cm³/mol. The number of carbonyl (C=O) groups excluding carboxylic acids is 2. The van der Waals surface area contributed by atoms with Crippen molar-refractivity contribution in [2.24, 2.45) is 0 Å². The summed E-state index contributed by atoms with van der Waals surface area (Å²) in [4.78, 5) is 28.6. The van der Waals surface area contributed by atoms with Gasteiger partial charge in [-0.2, -0.15) is 4.31 Å². The van der Waals surface area contributed by atoms with Gasteiger partial charge >= 0.3 is 0 Å². The molecule has 8 nitrogen and oxygen atoms in total. The number of nitrogens with one attached hydrogen (secondary N) is 1. The maximum atomic E-state index is 14.0. The number of benzene rings is 4. The van der Waals surface area contributed by atoms with Crippen LogP contribution in [0.15, 0.2) is 102 Å². The molecule has 5 rings (SSSR count). The minimum Gasteiger partial charge on any atom is -0.477 e. The lowest BCUT2D eigenvalue weighted by molar-refractivity contribution is -0.128. The summed E-state index contributed by atoms with van der Waals surface area (Å²) in [7, 11) is -4.12. The van der Waals surface area contributed by atoms with Gasteiger partial charge in [-0.05, 0) is 60.9 Å². The first-order valence-corrected chi connectivity index (χ1v) is 16.2. The number of anilines is 1. The molecular weight excluding hydrogens is 621 g/mol. The van der Waals surface area contributed by atoms with Crippen LogP contribution in [-0.2, 0) is 32.6 Å². The van der Waals surface area contributed by atoms with Gasteiger partial charge in [-0.1, -0.05) is 89.4 Å². The summed E-state index contributed by atoms with van der Waals surface area (Å²) in [6.07, 6.45) is -0.346. The van der Waals surface area contributed by atoms with Crippen LogP contribution in [0.25, 0.3) is 0 Å². The maximum absolute atomic E-state index is 14.0. The minimum absolute atomic E-state index is 0.0500. The second kappa shape index (κ2) is 13.8. The normalized spacial score (nSPS) is 14.5. The Labute approximate surface area is 267 Å². The lowest BCUT2D eigenvalue weighted by atomic mass is 10.1. The molecular formula is C33H31Cl2N3O5S. The third-order valence-electron chi connectivity index (χ3n) is 7.24. The molecule has 4 aromatic rings. The highest BCUT2D eigenvalue weighted by Gasteiger charge is 2.36. The molecule has 1 heterocycles. The summed E-state index contributed by atoms with van der Waals surface area (Å²) in [5.74, 6) is -0.528. The first kappa shape index (κ1) is 31.5. The molecule has 0 unspecified atom stereocenters. The van der Waals surface area contributed by atoms with E-state index in [1.54, 1.807) is 54.6 Å². The highest BCUT2D eigenvalue weighted by atomic mass is 35.5. The van der Waals surface area contributed by atoms with Crippen LogP contribution < -0.4 is 15.0 Å². The lowest BCUT2D eigenvalue weighted by Gasteiger charge is -2.35. The van der Waals surface area contributed by atoms with Crippen LogP contribution >= 0.6 is 23.2 Å². The van der Waals surface area contributed by atoms with E-state index < -0.39 is 28.6 Å². The van der Waals surface area contributed by atoms with Gasteiger partial charge in [0, 0.05) is 13.1 Å². The van der Waals surface area contributed by atoms with Crippen LogP contribution in [0.3, 0.4) is 0 Å². The maximum Gasteiger partial charge on any atom is 0.262 e. The number of amides is 2. The largest absolute Gasteiger partial charge is 0.477 e. The van der Waals surface area contributed by atoms with Crippen molar-refractivity contribution in [3.8, 4) is 5.75 Å². The number of sulfonamides is 1. The van der Waals surface area contributed by atoms with Crippen LogP contribution in [0.2, 0.25) is 10.0 Å². The van der Waals surface area contributed by atoms with Crippen LogP contribution in [0, 0.1) is 6.92 Å². The number of nitrogens with zero attached hydrogens (tertiary/aromatic N) is 2. The van der Waals surface area contributed by atoms with E-state index in [-0.39, 0.29) is 28.9 Å². The van der Waals surface area contributed by atoms with Crippen molar-refractivity contribution in [2.75, 3.05) is 24.5 Å². The van der Waals surface area contributed by atoms with Gasteiger partial charge < -0.3 is 15.0 Å². The summed E-state index contributed by atoms with van der Waals surface area (Å²) >= 11 is 12.3. The number of carbonyl (C=O) groups is 2. The van der Waals surface area contributed by atoms with Gasteiger partial charge in [-0.25, -0.2) is 8.42 Å². The van der Waals surface area contributed by atoms with E-state index in [9.17, 15) is 18.0 Å². The predicted octanol–water partition coefficient (Wildman–Crippen LogP) is 5.65. The number of ether oxygens (including phenoxy) is 1. The zero-order chi connectivity index (χ0) is 31.3. The number of hydrogen-bond acceptors (Lipinski definition) is 5. The van der Waals surface area contributed by atoms with Crippen molar-refractivity contribution in [2.45, 2.75) is 30.9 Å². The highest BCUT2D eigenvalue weighted by molar-refractivity contribution is 7.89. The number of para-hydroxylation sites is 2. The second-order valence-corrected chi connectivity index (χ2v) is 13.2. The molecule has 0 spiro atoms. The molecule has 0 radical (unpaired) electrons. The van der Waals surface area contributed by atoms with Crippen LogP contribution in [-0.4, -0.2) is 50.3 Å². The Kier molecular flexibility index (Phi) is 9.90. The minimum atomic E-state index is -4.12. The molecule has 1 aliphatic rings. The van der Waals surface area contributed by atoms with Gasteiger partial charge in [0.25, 0.3) is 5.91 Å². The molecule has 1 atom stereocenters. The molecule has 1 N–H and O–H groups in total. The number of halogens is 2. The Bertz CT molecular complexity index is 1750. The van der Waals surface area contributed by atoms with E-state index in [0.29, 0.717) is 35.0 Å². The van der Waals surface area contributed by atoms with Crippen molar-refractivity contribution >= 4 is 50.7 Å². The molecule has 2 amide bonds. The summed E-state index contributed by atoms with van der Waals surface area (Å²) in [6.45, 7) is 1.54. The number of fused-ring (bicyclic) bond motifs is 1. The molecule has 11 heteroatoms. The van der Waals surface area contributed by atoms with E-state index in [1.807, 2.05) is 37.3 Å². The third-order valence-corrected chi connectivity index (χ3v) is 9.78. The van der Waals surface area contributed by atoms with Crippen LogP contribution in [0.5, 0.6) is 5.75 Å². The van der Waals surface area contributed by atoms with Gasteiger partial charge in [-0.15, -0.1) is 0 Å². The van der Waals surface area contributed by atoms with Gasteiger partial charge in [-0.3, -0.25) is 9.59 Å². The van der Waals surface area contributed by atoms with E-state index in [0.717, 1.165) is 15.4 Å². The summed E-state index contributed by atoms with van der Waals surface area (Å²) in [6, 6.07) is 27.9. The lowest BCUT2D eigenvalue weighted by Crippen LogP contribution is -2.53. The van der Waals surface area contributed by atoms with Crippen molar-refractivity contribution in [3.05, 3.63) is 124 Å². The Hall–Kier alpha value is -3.89. The molecule has 0 aliphatic carbocycles. The Balaban J connectivity index is 1.38. The molecule has 1 aliphatic heterocycles. The average molecular weight is 653 g/mol. The molecule has 0 saturated carbocycles. The van der Waals surface area contributed by atoms with Crippen LogP contribution in [0.4, 0.5) is 5.69 Å². The average Bonchev–Trinajstić information content (AvgIpc) is 3.02. The molecule has 0 aromatic heterocycles. The highest BCUT2D eigenvalue weighted by Crippen LogP contribution is 2.34. The molecule has 228 valence electrons. The Morgan fingerprint density at radius 2 is 1.61 bits per heavy atom. The monoisotopic (exact) mass is 651 g/mol. The van der Waals surface area contributed by atoms with Crippen molar-refractivity contribution in [3.63, 3.8) is 0 Å². The molecule has 44 heavy (non-hydrogen) atoms. The first-order chi connectivity index (χ1) is 21.1. The number of rotatable bonds is 10. The second-order valence-electron chi connectivity index (χ2n) is 10.4. The van der Waals surface area contributed by atoms with Gasteiger partial charge in [0.2, 0.25) is 15.9 Å². The topological polar surface area (TPSA) is 96.0 Å². The van der Waals surface area contributed by atoms with Crippen LogP contribution in [0.1, 0.15) is 16.7 Å². The standard InChI is InChI=1S/C33H31Cl2N3O5S/c1-23-11-14-26(15-12-23)44(41,42)37(20-25-13-16-27(34)28(35)19-25)22-32(39)38-21-31(43-30-10-6-5-9-29(30)38)33(40)36-18-17-24-7-3-2-4-8-24/h2-16,19,31H,17-18,20-22H2,1H3,(H,36,40)/t31-/m0/s1. The first-order valence-electron chi connectivity index (χ1n) is 14.0. The van der Waals surface area contributed by atoms with E-state index in [4.69, 9.17) is 27.9 Å². The summed E-state index contributed by atoms with van der Waals surface area (Å²) in [5.41, 5.74) is 2.99. The fraction of sp³-hybridized carbons (Fsp3) is 0.212. The Morgan fingerprint density at radius 3 is 2.34 bits per heavy atom. The van der Waals surface area contributed by atoms with Crippen molar-refractivity contribution in [1.29, 1.82) is 0 Å². The van der Waals surface area contributed by atoms with Gasteiger partial charge in [0.05, 0.1) is 33.7 Å². The van der Waals surface area contributed by atoms with E-state index in [1.165, 1.54) is 17.0 Å². The van der Waals surface area contributed by atoms with E-state index in [2.05, 4.69) is 5.32 Å². The quantitative estimate of drug-likeness (QED) is 0.239. The van der Waals surface area contributed by atoms with Crippen molar-refractivity contribution in [1.82, 2.24) is 9.62 Å². The fourth-order valence-electron chi connectivity index (χ4n) is 4.86. The third kappa shape index (κ3) is 7.42. The number of hydrogen-bond donors (Lipinski definition) is 1. The summed E-state index contributed by atoms with van der Waals surface area (Å²) in [5, 5.41) is 3.49. The van der Waals surface area contributed by atoms with Crippen molar-refractivity contribution < 1.29 is 22.7 Å². The molecule has 4 aromatic carbocycles. The zero-order valence-corrected chi connectivity index (χ0v) is 26.3. The molecule has 0 fully saturated rings. The van der Waals surface area contributed by atoms with E-state index >= 15 is 0 Å². The van der Waals surface area contributed by atoms with Gasteiger partial charge in [0.1, 0.15) is 5.75 Å². The zero-order valence-electron chi connectivity index (χ0n) is 24.0.